The smallest absolute Gasteiger partial charge is 0.360 e. The van der Waals surface area contributed by atoms with Gasteiger partial charge < -0.3 is 10.6 Å². The van der Waals surface area contributed by atoms with Crippen LogP contribution in [0, 0.1) is 0 Å². The number of halogens is 3. The molecule has 0 spiro atoms. The van der Waals surface area contributed by atoms with Crippen molar-refractivity contribution in [3.63, 3.8) is 0 Å². The molecule has 1 aromatic carbocycles. The number of para-hydroxylation sites is 1. The maximum atomic E-state index is 12.5. The first kappa shape index (κ1) is 15.7. The van der Waals surface area contributed by atoms with Gasteiger partial charge in [-0.15, -0.1) is 0 Å². The molecule has 0 radical (unpaired) electrons. The van der Waals surface area contributed by atoms with Gasteiger partial charge >= 0.3 is 6.18 Å². The summed E-state index contributed by atoms with van der Waals surface area (Å²) in [5.74, 6) is 0. The van der Waals surface area contributed by atoms with E-state index in [9.17, 15) is 21.6 Å². The molecule has 108 valence electrons. The number of rotatable bonds is 5. The van der Waals surface area contributed by atoms with Crippen LogP contribution in [-0.2, 0) is 10.0 Å². The van der Waals surface area contributed by atoms with Crippen LogP contribution in [0.4, 0.5) is 18.9 Å². The third kappa shape index (κ3) is 4.69. The molecule has 0 saturated carbocycles. The molecule has 0 fully saturated rings. The van der Waals surface area contributed by atoms with Gasteiger partial charge in [-0.25, -0.2) is 13.6 Å². The first-order valence-corrected chi connectivity index (χ1v) is 6.83. The monoisotopic (exact) mass is 297 g/mol. The van der Waals surface area contributed by atoms with Gasteiger partial charge in [0.15, 0.2) is 0 Å². The molecule has 0 saturated heterocycles. The third-order valence-corrected chi connectivity index (χ3v) is 3.24. The van der Waals surface area contributed by atoms with Gasteiger partial charge in [0.2, 0.25) is 10.0 Å². The highest BCUT2D eigenvalue weighted by Crippen LogP contribution is 2.27. The number of sulfonamides is 1. The molecule has 1 rings (SSSR count). The topological polar surface area (TPSA) is 89.4 Å². The van der Waals surface area contributed by atoms with E-state index in [2.05, 4.69) is 0 Å². The molecule has 0 aliphatic heterocycles. The predicted molar refractivity (Wildman–Crippen MR) is 65.1 cm³/mol. The van der Waals surface area contributed by atoms with Crippen molar-refractivity contribution in [2.75, 3.05) is 24.5 Å². The summed E-state index contributed by atoms with van der Waals surface area (Å²) in [6, 6.07) is 5.24. The van der Waals surface area contributed by atoms with Crippen LogP contribution in [0.5, 0.6) is 0 Å². The Labute approximate surface area is 109 Å². The van der Waals surface area contributed by atoms with Crippen molar-refractivity contribution < 1.29 is 21.6 Å². The maximum Gasteiger partial charge on any atom is 0.405 e. The lowest BCUT2D eigenvalue weighted by molar-refractivity contribution is -0.119. The molecule has 0 atom stereocenters. The van der Waals surface area contributed by atoms with E-state index in [0.717, 1.165) is 11.0 Å². The first-order chi connectivity index (χ1) is 8.65. The molecule has 0 unspecified atom stereocenters. The molecule has 19 heavy (non-hydrogen) atoms. The zero-order valence-electron chi connectivity index (χ0n) is 9.89. The normalized spacial score (nSPS) is 12.5. The molecule has 0 aliphatic carbocycles. The minimum atomic E-state index is -4.47. The van der Waals surface area contributed by atoms with E-state index in [4.69, 9.17) is 10.9 Å². The van der Waals surface area contributed by atoms with E-state index in [1.54, 1.807) is 0 Å². The Morgan fingerprint density at radius 2 is 1.79 bits per heavy atom. The second kappa shape index (κ2) is 5.76. The van der Waals surface area contributed by atoms with E-state index in [1.165, 1.54) is 18.2 Å². The molecule has 0 bridgehead atoms. The number of nitrogens with two attached hydrogens (primary N) is 2. The molecule has 0 amide bonds. The fourth-order valence-electron chi connectivity index (χ4n) is 1.62. The van der Waals surface area contributed by atoms with Gasteiger partial charge in [0.05, 0.1) is 5.69 Å². The number of hydrogen-bond acceptors (Lipinski definition) is 4. The lowest BCUT2D eigenvalue weighted by atomic mass is 10.2. The molecule has 0 aliphatic rings. The van der Waals surface area contributed by atoms with Gasteiger partial charge in [-0.2, -0.15) is 13.2 Å². The lowest BCUT2D eigenvalue weighted by Crippen LogP contribution is -2.38. The maximum absolute atomic E-state index is 12.5. The summed E-state index contributed by atoms with van der Waals surface area (Å²) in [4.78, 5) is 0.493. The molecular formula is C10H14F3N3O2S. The lowest BCUT2D eigenvalue weighted by Gasteiger charge is -2.26. The van der Waals surface area contributed by atoms with Crippen molar-refractivity contribution >= 4 is 15.7 Å². The Hall–Kier alpha value is -1.32. The highest BCUT2D eigenvalue weighted by atomic mass is 32.2. The van der Waals surface area contributed by atoms with Crippen molar-refractivity contribution in [2.24, 2.45) is 10.9 Å². The van der Waals surface area contributed by atoms with Gasteiger partial charge in [0, 0.05) is 13.1 Å². The van der Waals surface area contributed by atoms with E-state index in [-0.39, 0.29) is 23.7 Å². The molecule has 9 heteroatoms. The van der Waals surface area contributed by atoms with E-state index >= 15 is 0 Å². The molecule has 0 aromatic heterocycles. The Morgan fingerprint density at radius 1 is 1.21 bits per heavy atom. The van der Waals surface area contributed by atoms with Gasteiger partial charge in [-0.1, -0.05) is 12.1 Å². The Morgan fingerprint density at radius 3 is 2.26 bits per heavy atom. The molecule has 4 N–H and O–H groups in total. The van der Waals surface area contributed by atoms with Crippen LogP contribution in [-0.4, -0.2) is 34.2 Å². The van der Waals surface area contributed by atoms with E-state index in [0.29, 0.717) is 0 Å². The van der Waals surface area contributed by atoms with Crippen LogP contribution in [0.3, 0.4) is 0 Å². The quantitative estimate of drug-likeness (QED) is 0.835. The molecular weight excluding hydrogens is 283 g/mol. The average molecular weight is 297 g/mol. The highest BCUT2D eigenvalue weighted by molar-refractivity contribution is 7.89. The largest absolute Gasteiger partial charge is 0.405 e. The number of nitrogens with zero attached hydrogens (tertiary/aromatic N) is 1. The number of anilines is 1. The van der Waals surface area contributed by atoms with Gasteiger partial charge in [0.25, 0.3) is 0 Å². The Bertz CT molecular complexity index is 531. The highest BCUT2D eigenvalue weighted by Gasteiger charge is 2.32. The fourth-order valence-corrected chi connectivity index (χ4v) is 2.37. The van der Waals surface area contributed by atoms with E-state index in [1.807, 2.05) is 0 Å². The predicted octanol–water partition coefficient (Wildman–Crippen LogP) is 0.661. The Balaban J connectivity index is 3.23. The fraction of sp³-hybridized carbons (Fsp3) is 0.400. The molecule has 1 aromatic rings. The number of hydrogen-bond donors (Lipinski definition) is 2. The second-order valence-electron chi connectivity index (χ2n) is 3.84. The minimum Gasteiger partial charge on any atom is -0.360 e. The van der Waals surface area contributed by atoms with Crippen molar-refractivity contribution in [3.8, 4) is 0 Å². The van der Waals surface area contributed by atoms with Crippen LogP contribution >= 0.6 is 0 Å². The number of benzene rings is 1. The SMILES string of the molecule is NCCN(CC(F)(F)F)c1ccccc1S(N)(=O)=O. The summed E-state index contributed by atoms with van der Waals surface area (Å²) in [7, 11) is -4.10. The Kier molecular flexibility index (Phi) is 4.77. The van der Waals surface area contributed by atoms with Crippen molar-refractivity contribution in [1.29, 1.82) is 0 Å². The molecule has 5 nitrogen and oxygen atoms in total. The van der Waals surface area contributed by atoms with Crippen molar-refractivity contribution in [3.05, 3.63) is 24.3 Å². The number of alkyl halides is 3. The summed E-state index contributed by atoms with van der Waals surface area (Å²) in [6.07, 6.45) is -4.47. The van der Waals surface area contributed by atoms with Crippen LogP contribution in [0.1, 0.15) is 0 Å². The van der Waals surface area contributed by atoms with Crippen LogP contribution < -0.4 is 15.8 Å². The average Bonchev–Trinajstić information content (AvgIpc) is 2.25. The zero-order chi connectivity index (χ0) is 14.7. The third-order valence-electron chi connectivity index (χ3n) is 2.28. The van der Waals surface area contributed by atoms with Crippen molar-refractivity contribution in [2.45, 2.75) is 11.1 Å². The van der Waals surface area contributed by atoms with Crippen molar-refractivity contribution in [1.82, 2.24) is 0 Å². The van der Waals surface area contributed by atoms with E-state index < -0.39 is 22.7 Å². The summed E-state index contributed by atoms with van der Waals surface area (Å²) < 4.78 is 60.2. The van der Waals surface area contributed by atoms with Crippen LogP contribution in [0.2, 0.25) is 0 Å². The van der Waals surface area contributed by atoms with Gasteiger partial charge in [-0.05, 0) is 12.1 Å². The summed E-state index contributed by atoms with van der Waals surface area (Å²) in [6.45, 7) is -1.47. The number of primary sulfonamides is 1. The standard InChI is InChI=1S/C10H14F3N3O2S/c11-10(12,13)7-16(6-5-14)8-3-1-2-4-9(8)19(15,17)18/h1-4H,5-7,14H2,(H2,15,17,18). The minimum absolute atomic E-state index is 0.0466. The summed E-state index contributed by atoms with van der Waals surface area (Å²) >= 11 is 0. The summed E-state index contributed by atoms with van der Waals surface area (Å²) in [5, 5.41) is 4.99. The first-order valence-electron chi connectivity index (χ1n) is 5.29. The zero-order valence-corrected chi connectivity index (χ0v) is 10.7. The summed E-state index contributed by atoms with van der Waals surface area (Å²) in [5.41, 5.74) is 5.15. The molecule has 0 heterocycles. The van der Waals surface area contributed by atoms with Gasteiger partial charge in [-0.3, -0.25) is 0 Å². The van der Waals surface area contributed by atoms with Crippen LogP contribution in [0.15, 0.2) is 29.2 Å². The van der Waals surface area contributed by atoms with Gasteiger partial charge in [0.1, 0.15) is 11.4 Å². The van der Waals surface area contributed by atoms with Crippen LogP contribution in [0.25, 0.3) is 0 Å². The second-order valence-corrected chi connectivity index (χ2v) is 5.37.